The lowest BCUT2D eigenvalue weighted by Crippen LogP contribution is -2.41. The highest BCUT2D eigenvalue weighted by Gasteiger charge is 2.49. The van der Waals surface area contributed by atoms with E-state index in [0.29, 0.717) is 32.8 Å². The molecule has 0 aromatic rings. The van der Waals surface area contributed by atoms with Crippen LogP contribution in [0.15, 0.2) is 12.1 Å². The van der Waals surface area contributed by atoms with E-state index in [1.54, 1.807) is 0 Å². The van der Waals surface area contributed by atoms with Gasteiger partial charge in [0, 0.05) is 13.1 Å². The van der Waals surface area contributed by atoms with Crippen molar-refractivity contribution < 1.29 is 23.6 Å². The van der Waals surface area contributed by atoms with Crippen LogP contribution in [0.1, 0.15) is 61.8 Å². The second-order valence-corrected chi connectivity index (χ2v) is 8.57. The number of nitrogens with zero attached hydrogens (tertiary/aromatic N) is 1. The first-order valence-electron chi connectivity index (χ1n) is 9.40. The third kappa shape index (κ3) is 7.78. The van der Waals surface area contributed by atoms with E-state index in [1.165, 1.54) is 0 Å². The van der Waals surface area contributed by atoms with Gasteiger partial charge in [-0.2, -0.15) is 0 Å². The fraction of sp³-hybridized carbons (Fsp3) is 0.842. The van der Waals surface area contributed by atoms with E-state index in [0.717, 1.165) is 0 Å². The van der Waals surface area contributed by atoms with Crippen molar-refractivity contribution in [2.45, 2.75) is 78.6 Å². The summed E-state index contributed by atoms with van der Waals surface area (Å²) >= 11 is 0. The molecule has 0 aromatic carbocycles. The number of ether oxygens (including phenoxy) is 2. The van der Waals surface area contributed by atoms with Gasteiger partial charge in [0.15, 0.2) is 0 Å². The zero-order chi connectivity index (χ0) is 20.0. The molecule has 0 N–H and O–H groups in total. The fourth-order valence-electron chi connectivity index (χ4n) is 2.26. The number of rotatable bonds is 9. The van der Waals surface area contributed by atoms with Crippen molar-refractivity contribution in [3.8, 4) is 0 Å². The average molecular weight is 369 g/mol. The summed E-state index contributed by atoms with van der Waals surface area (Å²) in [5, 5.41) is 0. The fourth-order valence-corrected chi connectivity index (χ4v) is 2.26. The van der Waals surface area contributed by atoms with Gasteiger partial charge in [0.2, 0.25) is 0 Å². The molecule has 0 amide bonds. The van der Waals surface area contributed by atoms with Crippen molar-refractivity contribution in [3.05, 3.63) is 12.1 Å². The third-order valence-electron chi connectivity index (χ3n) is 4.55. The molecule has 1 aliphatic rings. The topological polar surface area (TPSA) is 57.2 Å². The van der Waals surface area contributed by atoms with Gasteiger partial charge in [0.1, 0.15) is 0 Å². The molecule has 1 rings (SSSR count). The average Bonchev–Trinajstić information content (AvgIpc) is 2.68. The molecule has 1 heterocycles. The second kappa shape index (κ2) is 9.35. The van der Waals surface area contributed by atoms with E-state index >= 15 is 0 Å². The predicted molar refractivity (Wildman–Crippen MR) is 104 cm³/mol. The lowest BCUT2D eigenvalue weighted by atomic mass is 9.90. The lowest BCUT2D eigenvalue weighted by molar-refractivity contribution is -0.144. The van der Waals surface area contributed by atoms with Gasteiger partial charge < -0.3 is 18.8 Å². The van der Waals surface area contributed by atoms with Gasteiger partial charge >= 0.3 is 13.1 Å². The highest BCUT2D eigenvalue weighted by Crippen LogP contribution is 2.36. The van der Waals surface area contributed by atoms with Crippen LogP contribution in [0, 0.1) is 0 Å². The number of hydrogen-bond donors (Lipinski definition) is 0. The Bertz CT molecular complexity index is 469. The van der Waals surface area contributed by atoms with Gasteiger partial charge in [-0.1, -0.05) is 12.1 Å². The zero-order valence-electron chi connectivity index (χ0n) is 17.8. The molecule has 26 heavy (non-hydrogen) atoms. The second-order valence-electron chi connectivity index (χ2n) is 8.57. The van der Waals surface area contributed by atoms with Crippen molar-refractivity contribution in [2.24, 2.45) is 0 Å². The highest BCUT2D eigenvalue weighted by molar-refractivity contribution is 6.51. The van der Waals surface area contributed by atoms with E-state index < -0.39 is 0 Å². The first kappa shape index (κ1) is 23.2. The van der Waals surface area contributed by atoms with Crippen molar-refractivity contribution in [3.63, 3.8) is 0 Å². The standard InChI is InChI=1S/C19H36BNO5/c1-9-23-16(22)11-14-21(15-24-17(2,3)4)13-10-12-20-25-18(5,6)19(7,8)26-20/h10,12H,9,11,13-15H2,1-8H3/b12-10+. The van der Waals surface area contributed by atoms with Gasteiger partial charge in [-0.3, -0.25) is 9.69 Å². The summed E-state index contributed by atoms with van der Waals surface area (Å²) in [5.74, 6) is 1.73. The number of carbonyl (C=O) groups is 1. The van der Waals surface area contributed by atoms with Gasteiger partial charge in [0.25, 0.3) is 0 Å². The molecular formula is C19H36BNO5. The largest absolute Gasteiger partial charge is 0.486 e. The van der Waals surface area contributed by atoms with E-state index in [4.69, 9.17) is 18.8 Å². The van der Waals surface area contributed by atoms with Crippen molar-refractivity contribution >= 4 is 13.1 Å². The Labute approximate surface area is 159 Å². The molecule has 1 fully saturated rings. The van der Waals surface area contributed by atoms with Crippen molar-refractivity contribution in [1.82, 2.24) is 4.90 Å². The number of carbonyl (C=O) groups excluding carboxylic acids is 1. The molecule has 1 saturated heterocycles. The monoisotopic (exact) mass is 369 g/mol. The number of hydrogen-bond acceptors (Lipinski definition) is 6. The normalized spacial score (nSPS) is 19.5. The van der Waals surface area contributed by atoms with Crippen LogP contribution in [-0.4, -0.2) is 61.2 Å². The summed E-state index contributed by atoms with van der Waals surface area (Å²) in [6.45, 7) is 18.0. The molecule has 0 unspecified atom stereocenters. The first-order chi connectivity index (χ1) is 11.9. The summed E-state index contributed by atoms with van der Waals surface area (Å²) < 4.78 is 22.8. The SMILES string of the molecule is CCOC(=O)CCN(C/C=C/B1OC(C)(C)C(C)(C)O1)COC(C)(C)C. The Morgan fingerprint density at radius 2 is 1.73 bits per heavy atom. The van der Waals surface area contributed by atoms with Crippen molar-refractivity contribution in [1.29, 1.82) is 0 Å². The molecule has 7 heteroatoms. The Morgan fingerprint density at radius 1 is 1.15 bits per heavy atom. The molecule has 1 aliphatic heterocycles. The van der Waals surface area contributed by atoms with Crippen LogP contribution in [0.4, 0.5) is 0 Å². The minimum Gasteiger partial charge on any atom is -0.466 e. The minimum atomic E-state index is -0.365. The molecule has 0 spiro atoms. The molecule has 0 saturated carbocycles. The van der Waals surface area contributed by atoms with Crippen LogP contribution in [0.2, 0.25) is 0 Å². The Balaban J connectivity index is 2.57. The highest BCUT2D eigenvalue weighted by atomic mass is 16.7. The molecule has 0 aliphatic carbocycles. The van der Waals surface area contributed by atoms with E-state index in [2.05, 4.69) is 4.90 Å². The maximum Gasteiger partial charge on any atom is 0.486 e. The molecule has 0 bridgehead atoms. The predicted octanol–water partition coefficient (Wildman–Crippen LogP) is 3.20. The zero-order valence-corrected chi connectivity index (χ0v) is 17.8. The third-order valence-corrected chi connectivity index (χ3v) is 4.55. The van der Waals surface area contributed by atoms with Crippen LogP contribution in [0.25, 0.3) is 0 Å². The summed E-state index contributed by atoms with van der Waals surface area (Å²) in [5.41, 5.74) is -0.931. The number of esters is 1. The molecule has 0 aromatic heterocycles. The maximum absolute atomic E-state index is 11.6. The summed E-state index contributed by atoms with van der Waals surface area (Å²) in [6.07, 6.45) is 2.34. The van der Waals surface area contributed by atoms with Crippen LogP contribution in [0.3, 0.4) is 0 Å². The van der Waals surface area contributed by atoms with E-state index in [9.17, 15) is 4.79 Å². The van der Waals surface area contributed by atoms with Crippen LogP contribution >= 0.6 is 0 Å². The van der Waals surface area contributed by atoms with E-state index in [-0.39, 0.29) is 29.9 Å². The molecule has 150 valence electrons. The van der Waals surface area contributed by atoms with Gasteiger partial charge in [-0.25, -0.2) is 0 Å². The lowest BCUT2D eigenvalue weighted by Gasteiger charge is -2.32. The summed E-state index contributed by atoms with van der Waals surface area (Å²) in [4.78, 5) is 13.7. The minimum absolute atomic E-state index is 0.191. The molecule has 6 nitrogen and oxygen atoms in total. The first-order valence-corrected chi connectivity index (χ1v) is 9.40. The molecular weight excluding hydrogens is 333 g/mol. The van der Waals surface area contributed by atoms with Gasteiger partial charge in [-0.05, 0) is 55.4 Å². The molecule has 0 atom stereocenters. The van der Waals surface area contributed by atoms with Gasteiger partial charge in [0.05, 0.1) is 36.6 Å². The van der Waals surface area contributed by atoms with Crippen LogP contribution in [-0.2, 0) is 23.6 Å². The quantitative estimate of drug-likeness (QED) is 0.353. The Kier molecular flexibility index (Phi) is 8.33. The maximum atomic E-state index is 11.6. The Morgan fingerprint density at radius 3 is 2.23 bits per heavy atom. The van der Waals surface area contributed by atoms with Gasteiger partial charge in [-0.15, -0.1) is 0 Å². The van der Waals surface area contributed by atoms with E-state index in [1.807, 2.05) is 67.4 Å². The van der Waals surface area contributed by atoms with Crippen LogP contribution < -0.4 is 0 Å². The Hall–Kier alpha value is -0.885. The van der Waals surface area contributed by atoms with Crippen LogP contribution in [0.5, 0.6) is 0 Å². The molecule has 0 radical (unpaired) electrons. The van der Waals surface area contributed by atoms with Crippen molar-refractivity contribution in [2.75, 3.05) is 26.4 Å². The smallest absolute Gasteiger partial charge is 0.466 e. The summed E-state index contributed by atoms with van der Waals surface area (Å²) in [6, 6.07) is 0. The summed E-state index contributed by atoms with van der Waals surface area (Å²) in [7, 11) is -0.365.